The zero-order valence-electron chi connectivity index (χ0n) is 6.06. The van der Waals surface area contributed by atoms with Crippen LogP contribution in [0, 0.1) is 11.3 Å². The van der Waals surface area contributed by atoms with Crippen LogP contribution in [0.2, 0.25) is 0 Å². The van der Waals surface area contributed by atoms with Crippen LogP contribution in [0.15, 0.2) is 0 Å². The molecule has 0 aromatic heterocycles. The van der Waals surface area contributed by atoms with Gasteiger partial charge in [-0.3, -0.25) is 9.35 Å². The minimum Gasteiger partial charge on any atom is -0.464 e. The first-order valence-corrected chi connectivity index (χ1v) is 4.54. The van der Waals surface area contributed by atoms with Crippen molar-refractivity contribution in [2.24, 2.45) is 0 Å². The molecule has 68 valence electrons. The summed E-state index contributed by atoms with van der Waals surface area (Å²) < 4.78 is 32.6. The van der Waals surface area contributed by atoms with Crippen LogP contribution in [0.5, 0.6) is 0 Å². The highest BCUT2D eigenvalue weighted by atomic mass is 32.2. The topological polar surface area (TPSA) is 104 Å². The second-order valence-electron chi connectivity index (χ2n) is 1.84. The van der Waals surface area contributed by atoms with Crippen LogP contribution in [-0.2, 0) is 19.6 Å². The Morgan fingerprint density at radius 1 is 1.58 bits per heavy atom. The Labute approximate surface area is 69.5 Å². The highest BCUT2D eigenvalue weighted by Crippen LogP contribution is 1.87. The molecule has 1 N–H and O–H groups in total. The van der Waals surface area contributed by atoms with E-state index in [0.717, 1.165) is 0 Å². The number of nitriles is 1. The van der Waals surface area contributed by atoms with Gasteiger partial charge in [0.1, 0.15) is 18.8 Å². The second-order valence-corrected chi connectivity index (χ2v) is 3.41. The first kappa shape index (κ1) is 10.9. The predicted octanol–water partition coefficient (Wildman–Crippen LogP) is -0.669. The molecule has 0 aliphatic rings. The standard InChI is InChI=1S/C5H7NO5S/c6-2-1-5(7)11-3-4-12(8,9)10/h1,3-4H2,(H,8,9,10). The largest absolute Gasteiger partial charge is 0.464 e. The summed E-state index contributed by atoms with van der Waals surface area (Å²) in [5.74, 6) is -1.45. The van der Waals surface area contributed by atoms with Crippen molar-refractivity contribution in [3.8, 4) is 6.07 Å². The van der Waals surface area contributed by atoms with Gasteiger partial charge in [-0.15, -0.1) is 0 Å². The van der Waals surface area contributed by atoms with Gasteiger partial charge in [-0.2, -0.15) is 13.7 Å². The van der Waals surface area contributed by atoms with Crippen molar-refractivity contribution in [1.82, 2.24) is 0 Å². The van der Waals surface area contributed by atoms with E-state index in [-0.39, 0.29) is 0 Å². The minimum absolute atomic E-state index is 0.425. The molecule has 0 rings (SSSR count). The van der Waals surface area contributed by atoms with Crippen molar-refractivity contribution >= 4 is 16.1 Å². The molecule has 6 nitrogen and oxygen atoms in total. The maximum atomic E-state index is 10.4. The van der Waals surface area contributed by atoms with Crippen molar-refractivity contribution in [2.75, 3.05) is 12.4 Å². The normalized spacial score (nSPS) is 10.3. The zero-order chi connectivity index (χ0) is 9.61. The summed E-state index contributed by atoms with van der Waals surface area (Å²) in [5, 5.41) is 7.98. The molecule has 0 heterocycles. The molecule has 0 aromatic rings. The van der Waals surface area contributed by atoms with Crippen LogP contribution in [0.4, 0.5) is 0 Å². The van der Waals surface area contributed by atoms with Gasteiger partial charge in [0.2, 0.25) is 0 Å². The molecule has 0 aliphatic carbocycles. The third-order valence-corrected chi connectivity index (χ3v) is 1.51. The molecule has 0 fully saturated rings. The van der Waals surface area contributed by atoms with Crippen molar-refractivity contribution in [2.45, 2.75) is 6.42 Å². The number of carbonyl (C=O) groups is 1. The summed E-state index contributed by atoms with van der Waals surface area (Å²) in [6, 6.07) is 1.53. The Kier molecular flexibility index (Phi) is 4.25. The van der Waals surface area contributed by atoms with Gasteiger partial charge in [-0.05, 0) is 0 Å². The van der Waals surface area contributed by atoms with Crippen molar-refractivity contribution in [3.63, 3.8) is 0 Å². The lowest BCUT2D eigenvalue weighted by Crippen LogP contribution is -2.14. The number of rotatable bonds is 4. The molecule has 0 saturated heterocycles. The maximum Gasteiger partial charge on any atom is 0.320 e. The van der Waals surface area contributed by atoms with Gasteiger partial charge in [0.25, 0.3) is 10.1 Å². The summed E-state index contributed by atoms with van der Waals surface area (Å²) in [4.78, 5) is 10.4. The summed E-state index contributed by atoms with van der Waals surface area (Å²) in [6.07, 6.45) is -0.425. The maximum absolute atomic E-state index is 10.4. The Balaban J connectivity index is 3.59. The van der Waals surface area contributed by atoms with Crippen LogP contribution in [0.3, 0.4) is 0 Å². The van der Waals surface area contributed by atoms with Gasteiger partial charge >= 0.3 is 5.97 Å². The fourth-order valence-electron chi connectivity index (χ4n) is 0.376. The van der Waals surface area contributed by atoms with E-state index < -0.39 is 34.9 Å². The fraction of sp³-hybridized carbons (Fsp3) is 0.600. The number of nitrogens with zero attached hydrogens (tertiary/aromatic N) is 1. The number of ether oxygens (including phenoxy) is 1. The molecule has 0 spiro atoms. The van der Waals surface area contributed by atoms with Gasteiger partial charge in [0.05, 0.1) is 6.07 Å². The SMILES string of the molecule is N#CCC(=O)OCCS(=O)(=O)O. The molecule has 0 radical (unpaired) electrons. The third kappa shape index (κ3) is 6.98. The van der Waals surface area contributed by atoms with Crippen LogP contribution in [0.1, 0.15) is 6.42 Å². The average Bonchev–Trinajstić information content (AvgIpc) is 1.84. The van der Waals surface area contributed by atoms with E-state index in [4.69, 9.17) is 9.81 Å². The fourth-order valence-corrected chi connectivity index (χ4v) is 0.670. The van der Waals surface area contributed by atoms with Gasteiger partial charge in [0, 0.05) is 0 Å². The summed E-state index contributed by atoms with van der Waals surface area (Å²) in [6.45, 7) is -0.431. The van der Waals surface area contributed by atoms with E-state index in [1.807, 2.05) is 0 Å². The molecule has 0 aromatic carbocycles. The van der Waals surface area contributed by atoms with E-state index in [1.165, 1.54) is 6.07 Å². The van der Waals surface area contributed by atoms with Crippen LogP contribution in [0.25, 0.3) is 0 Å². The van der Waals surface area contributed by atoms with Crippen molar-refractivity contribution in [3.05, 3.63) is 0 Å². The van der Waals surface area contributed by atoms with E-state index in [0.29, 0.717) is 0 Å². The van der Waals surface area contributed by atoms with E-state index in [2.05, 4.69) is 4.74 Å². The number of carbonyl (C=O) groups excluding carboxylic acids is 1. The Morgan fingerprint density at radius 2 is 2.17 bits per heavy atom. The monoisotopic (exact) mass is 193 g/mol. The molecule has 0 aliphatic heterocycles. The molecule has 0 atom stereocenters. The number of esters is 1. The van der Waals surface area contributed by atoms with Crippen LogP contribution in [-0.4, -0.2) is 31.3 Å². The molecule has 0 bridgehead atoms. The lowest BCUT2D eigenvalue weighted by Gasteiger charge is -1.98. The van der Waals surface area contributed by atoms with E-state index in [1.54, 1.807) is 0 Å². The quantitative estimate of drug-likeness (QED) is 0.469. The van der Waals surface area contributed by atoms with Gasteiger partial charge in [-0.25, -0.2) is 0 Å². The number of hydrogen-bond acceptors (Lipinski definition) is 5. The molecule has 0 amide bonds. The number of hydrogen-bond donors (Lipinski definition) is 1. The Morgan fingerprint density at radius 3 is 2.58 bits per heavy atom. The molecule has 7 heteroatoms. The second kappa shape index (κ2) is 4.69. The third-order valence-electron chi connectivity index (χ3n) is 0.828. The smallest absolute Gasteiger partial charge is 0.320 e. The zero-order valence-corrected chi connectivity index (χ0v) is 6.87. The van der Waals surface area contributed by atoms with Crippen LogP contribution < -0.4 is 0 Å². The summed E-state index contributed by atoms with van der Waals surface area (Å²) in [5.41, 5.74) is 0. The van der Waals surface area contributed by atoms with Crippen LogP contribution >= 0.6 is 0 Å². The van der Waals surface area contributed by atoms with Gasteiger partial charge < -0.3 is 4.74 Å². The molecular formula is C5H7NO5S. The Hall–Kier alpha value is -1.13. The highest BCUT2D eigenvalue weighted by Gasteiger charge is 2.06. The van der Waals surface area contributed by atoms with Gasteiger partial charge in [0.15, 0.2) is 0 Å². The lowest BCUT2D eigenvalue weighted by molar-refractivity contribution is -0.141. The average molecular weight is 193 g/mol. The van der Waals surface area contributed by atoms with E-state index >= 15 is 0 Å². The molecule has 12 heavy (non-hydrogen) atoms. The molecule has 0 unspecified atom stereocenters. The summed E-state index contributed by atoms with van der Waals surface area (Å²) in [7, 11) is -4.09. The molecule has 0 saturated carbocycles. The highest BCUT2D eigenvalue weighted by molar-refractivity contribution is 7.85. The molecular weight excluding hydrogens is 186 g/mol. The lowest BCUT2D eigenvalue weighted by atomic mass is 10.5. The van der Waals surface area contributed by atoms with E-state index in [9.17, 15) is 13.2 Å². The predicted molar refractivity (Wildman–Crippen MR) is 37.6 cm³/mol. The Bertz CT molecular complexity index is 287. The first-order valence-electron chi connectivity index (χ1n) is 2.93. The van der Waals surface area contributed by atoms with Crippen molar-refractivity contribution in [1.29, 1.82) is 5.26 Å². The van der Waals surface area contributed by atoms with Crippen molar-refractivity contribution < 1.29 is 22.5 Å². The minimum atomic E-state index is -4.09. The summed E-state index contributed by atoms with van der Waals surface area (Å²) >= 11 is 0. The first-order chi connectivity index (χ1) is 5.45. The van der Waals surface area contributed by atoms with Gasteiger partial charge in [-0.1, -0.05) is 0 Å².